The number of ketones is 2. The zero-order valence-corrected chi connectivity index (χ0v) is 20.2. The number of Topliss-reactive ketones (excluding diaryl/α,β-unsaturated/α-hetero) is 2. The third-order valence-electron chi connectivity index (χ3n) is 6.48. The summed E-state index contributed by atoms with van der Waals surface area (Å²) in [5.74, 6) is -0.201. The van der Waals surface area contributed by atoms with E-state index in [0.717, 1.165) is 37.4 Å². The van der Waals surface area contributed by atoms with Crippen molar-refractivity contribution in [2.45, 2.75) is 0 Å². The molecule has 0 unspecified atom stereocenters. The Labute approximate surface area is 215 Å². The second-order valence-electron chi connectivity index (χ2n) is 8.75. The summed E-state index contributed by atoms with van der Waals surface area (Å²) in [6.45, 7) is 0. The minimum absolute atomic E-state index is 0.0862. The molecule has 6 heteroatoms. The molecule has 6 aromatic rings. The number of allylic oxidation sites excluding steroid dienone is 1. The molecule has 0 N–H and O–H groups in total. The Kier molecular flexibility index (Phi) is 4.87. The second kappa shape index (κ2) is 8.40. The van der Waals surface area contributed by atoms with Gasteiger partial charge in [0.15, 0.2) is 11.4 Å². The smallest absolute Gasteiger partial charge is 0.216 e. The van der Waals surface area contributed by atoms with Crippen LogP contribution in [0.4, 0.5) is 17.1 Å². The average Bonchev–Trinajstić information content (AvgIpc) is 3.56. The highest BCUT2D eigenvalue weighted by atomic mass is 32.1. The van der Waals surface area contributed by atoms with E-state index in [1.165, 1.54) is 12.3 Å². The Balaban J connectivity index is 1.29. The van der Waals surface area contributed by atoms with Crippen molar-refractivity contribution in [2.75, 3.05) is 4.90 Å². The Morgan fingerprint density at radius 2 is 1.46 bits per heavy atom. The van der Waals surface area contributed by atoms with Gasteiger partial charge in [0.25, 0.3) is 0 Å². The van der Waals surface area contributed by atoms with Gasteiger partial charge in [0.05, 0.1) is 15.8 Å². The Bertz CT molecular complexity index is 1790. The molecule has 37 heavy (non-hydrogen) atoms. The van der Waals surface area contributed by atoms with Gasteiger partial charge in [-0.15, -0.1) is 11.3 Å². The number of nitrogens with zero attached hydrogens (tertiary/aromatic N) is 2. The molecular formula is C31H18N2O3S. The highest BCUT2D eigenvalue weighted by Gasteiger charge is 2.34. The number of thiophene rings is 1. The normalized spacial score (nSPS) is 14.1. The van der Waals surface area contributed by atoms with E-state index in [1.807, 2.05) is 42.5 Å². The number of hydrogen-bond donors (Lipinski definition) is 0. The summed E-state index contributed by atoms with van der Waals surface area (Å²) in [6, 6.07) is 32.0. The molecule has 0 saturated heterocycles. The first-order chi connectivity index (χ1) is 18.2. The molecule has 0 amide bonds. The number of aromatic nitrogens is 1. The van der Waals surface area contributed by atoms with Crippen molar-refractivity contribution >= 4 is 66.4 Å². The van der Waals surface area contributed by atoms with Crippen molar-refractivity contribution in [1.29, 1.82) is 0 Å². The van der Waals surface area contributed by atoms with Gasteiger partial charge in [0.2, 0.25) is 5.78 Å². The van der Waals surface area contributed by atoms with Crippen molar-refractivity contribution in [3.05, 3.63) is 126 Å². The number of pyridine rings is 1. The third kappa shape index (κ3) is 3.50. The molecule has 5 nitrogen and oxygen atoms in total. The molecule has 0 fully saturated rings. The molecule has 0 atom stereocenters. The van der Waals surface area contributed by atoms with Gasteiger partial charge in [-0.1, -0.05) is 36.4 Å². The number of furan rings is 1. The number of rotatable bonds is 4. The number of fused-ring (bicyclic) bond motifs is 4. The van der Waals surface area contributed by atoms with Gasteiger partial charge in [-0.2, -0.15) is 0 Å². The molecule has 176 valence electrons. The van der Waals surface area contributed by atoms with E-state index in [2.05, 4.69) is 52.3 Å². The summed E-state index contributed by atoms with van der Waals surface area (Å²) in [5, 5.41) is 0.989. The summed E-state index contributed by atoms with van der Waals surface area (Å²) in [6.07, 6.45) is 3.05. The minimum Gasteiger partial charge on any atom is -0.455 e. The number of anilines is 3. The molecule has 0 aliphatic heterocycles. The number of benzene rings is 3. The second-order valence-corrected chi connectivity index (χ2v) is 9.83. The Morgan fingerprint density at radius 3 is 2.16 bits per heavy atom. The molecule has 1 aliphatic carbocycles. The summed E-state index contributed by atoms with van der Waals surface area (Å²) < 4.78 is 8.19. The van der Waals surface area contributed by atoms with Crippen LogP contribution < -0.4 is 4.90 Å². The standard InChI is InChI=1S/C31H18N2O3S/c34-29-24-12-7-15-32-28(24)30(35)25(29)17-22-18-27-31(36-22)23-14-13-21(16-26(23)37-27)33(19-8-3-1-4-9-19)20-10-5-2-6-11-20/h1-18H/b25-17-. The lowest BCUT2D eigenvalue weighted by Crippen LogP contribution is -2.09. The van der Waals surface area contributed by atoms with Gasteiger partial charge in [0.1, 0.15) is 11.5 Å². The van der Waals surface area contributed by atoms with Crippen LogP contribution in [0.25, 0.3) is 26.4 Å². The summed E-state index contributed by atoms with van der Waals surface area (Å²) in [7, 11) is 0. The SMILES string of the molecule is O=C1/C(=C/c2cc3sc4cc(N(c5ccccc5)c5ccccc5)ccc4c3o2)C(=O)c2ncccc21. The summed E-state index contributed by atoms with van der Waals surface area (Å²) in [4.78, 5) is 31.8. The average molecular weight is 499 g/mol. The highest BCUT2D eigenvalue weighted by Crippen LogP contribution is 2.41. The van der Waals surface area contributed by atoms with Gasteiger partial charge in [-0.25, -0.2) is 0 Å². The van der Waals surface area contributed by atoms with Crippen molar-refractivity contribution in [1.82, 2.24) is 4.98 Å². The summed E-state index contributed by atoms with van der Waals surface area (Å²) >= 11 is 1.62. The van der Waals surface area contributed by atoms with E-state index >= 15 is 0 Å². The fraction of sp³-hybridized carbons (Fsp3) is 0. The van der Waals surface area contributed by atoms with Gasteiger partial charge in [0, 0.05) is 39.4 Å². The largest absolute Gasteiger partial charge is 0.455 e. The molecule has 0 bridgehead atoms. The quantitative estimate of drug-likeness (QED) is 0.182. The molecule has 1 aliphatic rings. The topological polar surface area (TPSA) is 63.4 Å². The molecule has 0 radical (unpaired) electrons. The number of para-hydroxylation sites is 2. The maximum atomic E-state index is 12.7. The lowest BCUT2D eigenvalue weighted by Gasteiger charge is -2.25. The lowest BCUT2D eigenvalue weighted by molar-refractivity contribution is 0.0989. The molecule has 3 heterocycles. The predicted molar refractivity (Wildman–Crippen MR) is 147 cm³/mol. The first-order valence-corrected chi connectivity index (χ1v) is 12.6. The highest BCUT2D eigenvalue weighted by molar-refractivity contribution is 7.25. The van der Waals surface area contributed by atoms with E-state index in [1.54, 1.807) is 23.5 Å². The van der Waals surface area contributed by atoms with Gasteiger partial charge in [-0.3, -0.25) is 14.6 Å². The van der Waals surface area contributed by atoms with Gasteiger partial charge >= 0.3 is 0 Å². The molecule has 0 saturated carbocycles. The Morgan fingerprint density at radius 1 is 0.730 bits per heavy atom. The predicted octanol–water partition coefficient (Wildman–Crippen LogP) is 7.97. The monoisotopic (exact) mass is 498 g/mol. The van der Waals surface area contributed by atoms with E-state index < -0.39 is 0 Å². The van der Waals surface area contributed by atoms with Crippen molar-refractivity contribution in [2.24, 2.45) is 0 Å². The number of carbonyl (C=O) groups excluding carboxylic acids is 2. The maximum absolute atomic E-state index is 12.7. The van der Waals surface area contributed by atoms with Crippen LogP contribution in [0.3, 0.4) is 0 Å². The Hall–Kier alpha value is -4.81. The van der Waals surface area contributed by atoms with Crippen molar-refractivity contribution < 1.29 is 14.0 Å². The minimum atomic E-state index is -0.364. The third-order valence-corrected chi connectivity index (χ3v) is 7.56. The van der Waals surface area contributed by atoms with E-state index in [-0.39, 0.29) is 22.8 Å². The molecular weight excluding hydrogens is 480 g/mol. The zero-order chi connectivity index (χ0) is 24.9. The van der Waals surface area contributed by atoms with E-state index in [0.29, 0.717) is 11.3 Å². The molecule has 7 rings (SSSR count). The van der Waals surface area contributed by atoms with Crippen LogP contribution >= 0.6 is 11.3 Å². The van der Waals surface area contributed by atoms with E-state index in [4.69, 9.17) is 4.42 Å². The summed E-state index contributed by atoms with van der Waals surface area (Å²) in [5.41, 5.74) is 4.56. The van der Waals surface area contributed by atoms with E-state index in [9.17, 15) is 9.59 Å². The van der Waals surface area contributed by atoms with Crippen LogP contribution in [0.15, 0.2) is 113 Å². The van der Waals surface area contributed by atoms with Gasteiger partial charge < -0.3 is 9.32 Å². The maximum Gasteiger partial charge on any atom is 0.216 e. The van der Waals surface area contributed by atoms with Crippen LogP contribution in [0.5, 0.6) is 0 Å². The molecule has 3 aromatic heterocycles. The number of hydrogen-bond acceptors (Lipinski definition) is 6. The van der Waals surface area contributed by atoms with Gasteiger partial charge in [-0.05, 0) is 60.7 Å². The first kappa shape index (κ1) is 21.5. The molecule has 3 aromatic carbocycles. The molecule has 0 spiro atoms. The fourth-order valence-electron chi connectivity index (χ4n) is 4.79. The van der Waals surface area contributed by atoms with Crippen LogP contribution in [-0.2, 0) is 0 Å². The van der Waals surface area contributed by atoms with Crippen LogP contribution in [0.2, 0.25) is 0 Å². The van der Waals surface area contributed by atoms with Crippen molar-refractivity contribution in [3.63, 3.8) is 0 Å². The van der Waals surface area contributed by atoms with Crippen molar-refractivity contribution in [3.8, 4) is 0 Å². The van der Waals surface area contributed by atoms with Crippen LogP contribution in [0.1, 0.15) is 26.6 Å². The van der Waals surface area contributed by atoms with Crippen LogP contribution in [-0.4, -0.2) is 16.6 Å². The number of carbonyl (C=O) groups is 2. The fourth-order valence-corrected chi connectivity index (χ4v) is 5.89. The zero-order valence-electron chi connectivity index (χ0n) is 19.4. The van der Waals surface area contributed by atoms with Crippen LogP contribution in [0, 0.1) is 0 Å². The first-order valence-electron chi connectivity index (χ1n) is 11.8. The lowest BCUT2D eigenvalue weighted by atomic mass is 10.1.